The van der Waals surface area contributed by atoms with Gasteiger partial charge in [-0.2, -0.15) is 0 Å². The van der Waals surface area contributed by atoms with E-state index in [1.54, 1.807) is 0 Å². The van der Waals surface area contributed by atoms with Gasteiger partial charge in [0.25, 0.3) is 0 Å². The summed E-state index contributed by atoms with van der Waals surface area (Å²) in [6.45, 7) is 11.2. The summed E-state index contributed by atoms with van der Waals surface area (Å²) in [6.07, 6.45) is 3.75. The molecule has 2 heterocycles. The van der Waals surface area contributed by atoms with E-state index in [4.69, 9.17) is 4.74 Å². The zero-order chi connectivity index (χ0) is 12.7. The van der Waals surface area contributed by atoms with Crippen LogP contribution in [-0.2, 0) is 4.74 Å². The lowest BCUT2D eigenvalue weighted by Gasteiger charge is -2.40. The average molecular weight is 240 g/mol. The minimum Gasteiger partial charge on any atom is -0.368 e. The predicted molar refractivity (Wildman–Crippen MR) is 71.3 cm³/mol. The monoisotopic (exact) mass is 240 g/mol. The number of hydrogen-bond acceptors (Lipinski definition) is 3. The molecule has 2 aliphatic rings. The second-order valence-electron chi connectivity index (χ2n) is 6.85. The molecule has 2 unspecified atom stereocenters. The van der Waals surface area contributed by atoms with Crippen molar-refractivity contribution in [1.29, 1.82) is 0 Å². The molecule has 3 heteroatoms. The van der Waals surface area contributed by atoms with Crippen molar-refractivity contribution < 1.29 is 4.74 Å². The fourth-order valence-electron chi connectivity index (χ4n) is 3.60. The highest BCUT2D eigenvalue weighted by molar-refractivity contribution is 5.01. The molecule has 17 heavy (non-hydrogen) atoms. The number of hydrogen-bond donors (Lipinski definition) is 1. The van der Waals surface area contributed by atoms with E-state index < -0.39 is 0 Å². The molecule has 2 fully saturated rings. The maximum Gasteiger partial charge on any atom is 0.0789 e. The Morgan fingerprint density at radius 3 is 2.41 bits per heavy atom. The predicted octanol–water partition coefficient (Wildman–Crippen LogP) is 2.02. The average Bonchev–Trinajstić information content (AvgIpc) is 2.47. The molecule has 0 saturated carbocycles. The minimum absolute atomic E-state index is 0.0184. The molecule has 100 valence electrons. The van der Waals surface area contributed by atoms with Gasteiger partial charge in [-0.3, -0.25) is 4.90 Å². The van der Waals surface area contributed by atoms with Crippen LogP contribution in [0.2, 0.25) is 0 Å². The van der Waals surface area contributed by atoms with E-state index in [9.17, 15) is 0 Å². The lowest BCUT2D eigenvalue weighted by molar-refractivity contribution is -0.0821. The third kappa shape index (κ3) is 2.83. The van der Waals surface area contributed by atoms with E-state index in [0.29, 0.717) is 12.1 Å². The van der Waals surface area contributed by atoms with E-state index >= 15 is 0 Å². The molecule has 2 saturated heterocycles. The first-order valence-corrected chi connectivity index (χ1v) is 6.95. The SMILES string of the molecule is CN(C1CCCNC1)C1CC(C)(C)OC1(C)C. The van der Waals surface area contributed by atoms with Crippen molar-refractivity contribution in [1.82, 2.24) is 10.2 Å². The topological polar surface area (TPSA) is 24.5 Å². The fraction of sp³-hybridized carbons (Fsp3) is 1.00. The maximum absolute atomic E-state index is 6.20. The molecule has 0 aromatic rings. The van der Waals surface area contributed by atoms with Crippen molar-refractivity contribution in [2.24, 2.45) is 0 Å². The lowest BCUT2D eigenvalue weighted by Crippen LogP contribution is -2.53. The lowest BCUT2D eigenvalue weighted by atomic mass is 9.91. The van der Waals surface area contributed by atoms with Gasteiger partial charge in [-0.05, 0) is 60.5 Å². The van der Waals surface area contributed by atoms with Gasteiger partial charge in [0.1, 0.15) is 0 Å². The van der Waals surface area contributed by atoms with Crippen LogP contribution in [0.1, 0.15) is 47.0 Å². The summed E-state index contributed by atoms with van der Waals surface area (Å²) in [6, 6.07) is 1.20. The Bertz CT molecular complexity index is 269. The Labute approximate surface area is 106 Å². The number of likely N-dealkylation sites (N-methyl/N-ethyl adjacent to an activating group) is 1. The van der Waals surface area contributed by atoms with Gasteiger partial charge in [0.2, 0.25) is 0 Å². The quantitative estimate of drug-likeness (QED) is 0.799. The normalized spacial score (nSPS) is 36.4. The second kappa shape index (κ2) is 4.52. The molecule has 0 aliphatic carbocycles. The van der Waals surface area contributed by atoms with Gasteiger partial charge in [-0.1, -0.05) is 0 Å². The Balaban J connectivity index is 2.05. The van der Waals surface area contributed by atoms with Gasteiger partial charge in [0, 0.05) is 18.6 Å². The zero-order valence-electron chi connectivity index (χ0n) is 12.0. The third-order valence-electron chi connectivity index (χ3n) is 4.37. The smallest absolute Gasteiger partial charge is 0.0789 e. The van der Waals surface area contributed by atoms with Gasteiger partial charge in [0.15, 0.2) is 0 Å². The largest absolute Gasteiger partial charge is 0.368 e. The first-order chi connectivity index (χ1) is 7.82. The van der Waals surface area contributed by atoms with Crippen LogP contribution in [0.25, 0.3) is 0 Å². The number of rotatable bonds is 2. The summed E-state index contributed by atoms with van der Waals surface area (Å²) in [5.74, 6) is 0. The van der Waals surface area contributed by atoms with Gasteiger partial charge in [0.05, 0.1) is 11.2 Å². The van der Waals surface area contributed by atoms with Crippen molar-refractivity contribution >= 4 is 0 Å². The molecule has 0 amide bonds. The molecule has 1 N–H and O–H groups in total. The molecule has 2 atom stereocenters. The minimum atomic E-state index is -0.0320. The van der Waals surface area contributed by atoms with Crippen LogP contribution in [0, 0.1) is 0 Å². The molecule has 2 rings (SSSR count). The molecule has 3 nitrogen and oxygen atoms in total. The van der Waals surface area contributed by atoms with Crippen LogP contribution in [0.5, 0.6) is 0 Å². The van der Waals surface area contributed by atoms with E-state index in [1.165, 1.54) is 19.4 Å². The van der Waals surface area contributed by atoms with E-state index in [2.05, 4.69) is 45.0 Å². The molecule has 0 aromatic carbocycles. The van der Waals surface area contributed by atoms with Crippen LogP contribution < -0.4 is 5.32 Å². The zero-order valence-corrected chi connectivity index (χ0v) is 12.0. The molecule has 0 spiro atoms. The number of nitrogens with zero attached hydrogens (tertiary/aromatic N) is 1. The van der Waals surface area contributed by atoms with E-state index in [-0.39, 0.29) is 11.2 Å². The van der Waals surface area contributed by atoms with Crippen LogP contribution in [-0.4, -0.2) is 48.3 Å². The van der Waals surface area contributed by atoms with Crippen molar-refractivity contribution in [3.8, 4) is 0 Å². The molecular formula is C14H28N2O. The summed E-state index contributed by atoms with van der Waals surface area (Å²) < 4.78 is 6.20. The van der Waals surface area contributed by atoms with Crippen LogP contribution in [0.3, 0.4) is 0 Å². The van der Waals surface area contributed by atoms with Gasteiger partial charge >= 0.3 is 0 Å². The summed E-state index contributed by atoms with van der Waals surface area (Å²) >= 11 is 0. The maximum atomic E-state index is 6.20. The number of piperidine rings is 1. The number of nitrogens with one attached hydrogen (secondary N) is 1. The van der Waals surface area contributed by atoms with Crippen LogP contribution in [0.15, 0.2) is 0 Å². The summed E-state index contributed by atoms with van der Waals surface area (Å²) in [7, 11) is 2.27. The first-order valence-electron chi connectivity index (χ1n) is 6.95. The third-order valence-corrected chi connectivity index (χ3v) is 4.37. The van der Waals surface area contributed by atoms with Gasteiger partial charge in [-0.15, -0.1) is 0 Å². The summed E-state index contributed by atoms with van der Waals surface area (Å²) in [5.41, 5.74) is -0.0137. The molecular weight excluding hydrogens is 212 g/mol. The summed E-state index contributed by atoms with van der Waals surface area (Å²) in [4.78, 5) is 2.56. The number of ether oxygens (including phenoxy) is 1. The second-order valence-corrected chi connectivity index (χ2v) is 6.85. The Morgan fingerprint density at radius 1 is 1.24 bits per heavy atom. The van der Waals surface area contributed by atoms with E-state index in [0.717, 1.165) is 13.0 Å². The van der Waals surface area contributed by atoms with Gasteiger partial charge in [-0.25, -0.2) is 0 Å². The first kappa shape index (κ1) is 13.3. The van der Waals surface area contributed by atoms with Gasteiger partial charge < -0.3 is 10.1 Å². The molecule has 0 radical (unpaired) electrons. The fourth-order valence-corrected chi connectivity index (χ4v) is 3.60. The Kier molecular flexibility index (Phi) is 3.54. The Morgan fingerprint density at radius 2 is 1.94 bits per heavy atom. The highest BCUT2D eigenvalue weighted by atomic mass is 16.5. The molecule has 2 aliphatic heterocycles. The standard InChI is InChI=1S/C14H28N2O/c1-13(2)9-12(14(3,4)17-13)16(5)11-7-6-8-15-10-11/h11-12,15H,6-10H2,1-5H3. The van der Waals surface area contributed by atoms with Crippen LogP contribution in [0.4, 0.5) is 0 Å². The van der Waals surface area contributed by atoms with Crippen molar-refractivity contribution in [2.75, 3.05) is 20.1 Å². The highest BCUT2D eigenvalue weighted by Crippen LogP contribution is 2.40. The summed E-state index contributed by atoms with van der Waals surface area (Å²) in [5, 5.41) is 3.50. The van der Waals surface area contributed by atoms with Crippen molar-refractivity contribution in [2.45, 2.75) is 70.2 Å². The molecule has 0 bridgehead atoms. The van der Waals surface area contributed by atoms with Crippen molar-refractivity contribution in [3.63, 3.8) is 0 Å². The van der Waals surface area contributed by atoms with Crippen molar-refractivity contribution in [3.05, 3.63) is 0 Å². The van der Waals surface area contributed by atoms with Crippen LogP contribution >= 0.6 is 0 Å². The van der Waals surface area contributed by atoms with E-state index in [1.807, 2.05) is 0 Å². The molecule has 0 aromatic heterocycles. The Hall–Kier alpha value is -0.120. The highest BCUT2D eigenvalue weighted by Gasteiger charge is 2.48.